The second-order valence-electron chi connectivity index (χ2n) is 4.00. The standard InChI is InChI=1S/C12H10N2O4S/c1-2-8-3-4-10(11(15)13-8)12(16)14-9-5-6-19(17,18)7-9/h1,3-6,9H,7H2,(H,13,15)(H,14,16). The lowest BCUT2D eigenvalue weighted by Gasteiger charge is -2.09. The Hall–Kier alpha value is -2.33. The molecular formula is C12H10N2O4S. The molecule has 19 heavy (non-hydrogen) atoms. The predicted octanol–water partition coefficient (Wildman–Crippen LogP) is -0.603. The van der Waals surface area contributed by atoms with E-state index in [9.17, 15) is 18.0 Å². The summed E-state index contributed by atoms with van der Waals surface area (Å²) in [4.78, 5) is 25.8. The van der Waals surface area contributed by atoms with Gasteiger partial charge in [0.15, 0.2) is 9.84 Å². The topological polar surface area (TPSA) is 96.1 Å². The Morgan fingerprint density at radius 1 is 1.47 bits per heavy atom. The molecule has 0 aromatic carbocycles. The lowest BCUT2D eigenvalue weighted by Crippen LogP contribution is -2.38. The smallest absolute Gasteiger partial charge is 0.261 e. The fourth-order valence-corrected chi connectivity index (χ4v) is 2.88. The van der Waals surface area contributed by atoms with Gasteiger partial charge in [-0.15, -0.1) is 6.42 Å². The first-order valence-electron chi connectivity index (χ1n) is 5.33. The summed E-state index contributed by atoms with van der Waals surface area (Å²) in [6.45, 7) is 0. The number of hydrogen-bond donors (Lipinski definition) is 2. The van der Waals surface area contributed by atoms with Crippen molar-refractivity contribution in [1.82, 2.24) is 10.3 Å². The fourth-order valence-electron chi connectivity index (χ4n) is 1.65. The second-order valence-corrected chi connectivity index (χ2v) is 5.93. The molecule has 1 aromatic heterocycles. The number of H-pyrrole nitrogens is 1. The van der Waals surface area contributed by atoms with Crippen LogP contribution < -0.4 is 10.9 Å². The minimum atomic E-state index is -3.25. The zero-order valence-electron chi connectivity index (χ0n) is 9.71. The highest BCUT2D eigenvalue weighted by Crippen LogP contribution is 2.08. The summed E-state index contributed by atoms with van der Waals surface area (Å²) < 4.78 is 22.4. The normalized spacial score (nSPS) is 19.8. The van der Waals surface area contributed by atoms with Crippen LogP contribution in [0.2, 0.25) is 0 Å². The Morgan fingerprint density at radius 2 is 2.21 bits per heavy atom. The molecule has 2 N–H and O–H groups in total. The Balaban J connectivity index is 2.16. The number of pyridine rings is 1. The van der Waals surface area contributed by atoms with Crippen LogP contribution in [0.25, 0.3) is 0 Å². The highest BCUT2D eigenvalue weighted by Gasteiger charge is 2.24. The van der Waals surface area contributed by atoms with Crippen molar-refractivity contribution in [2.24, 2.45) is 0 Å². The first-order chi connectivity index (χ1) is 8.91. The number of terminal acetylenes is 1. The molecule has 2 rings (SSSR count). The number of carbonyl (C=O) groups is 1. The van der Waals surface area contributed by atoms with E-state index in [0.717, 1.165) is 5.41 Å². The largest absolute Gasteiger partial charge is 0.345 e. The highest BCUT2D eigenvalue weighted by atomic mass is 32.2. The number of sulfone groups is 1. The van der Waals surface area contributed by atoms with Gasteiger partial charge in [0.1, 0.15) is 5.56 Å². The van der Waals surface area contributed by atoms with E-state index >= 15 is 0 Å². The van der Waals surface area contributed by atoms with Gasteiger partial charge in [-0.25, -0.2) is 8.42 Å². The van der Waals surface area contributed by atoms with Crippen molar-refractivity contribution in [2.75, 3.05) is 5.75 Å². The fraction of sp³-hybridized carbons (Fsp3) is 0.167. The van der Waals surface area contributed by atoms with Gasteiger partial charge >= 0.3 is 0 Å². The molecule has 1 unspecified atom stereocenters. The summed E-state index contributed by atoms with van der Waals surface area (Å²) in [5.41, 5.74) is -0.459. The van der Waals surface area contributed by atoms with Crippen LogP contribution in [0.1, 0.15) is 16.1 Å². The monoisotopic (exact) mass is 278 g/mol. The van der Waals surface area contributed by atoms with Gasteiger partial charge < -0.3 is 10.3 Å². The summed E-state index contributed by atoms with van der Waals surface area (Å²) >= 11 is 0. The molecule has 98 valence electrons. The molecular weight excluding hydrogens is 268 g/mol. The van der Waals surface area contributed by atoms with Crippen LogP contribution >= 0.6 is 0 Å². The first kappa shape index (κ1) is 13.1. The van der Waals surface area contributed by atoms with Crippen molar-refractivity contribution >= 4 is 15.7 Å². The molecule has 1 aliphatic rings. The summed E-state index contributed by atoms with van der Waals surface area (Å²) in [5, 5.41) is 3.50. The lowest BCUT2D eigenvalue weighted by atomic mass is 10.2. The van der Waals surface area contributed by atoms with Crippen LogP contribution in [0.15, 0.2) is 28.4 Å². The first-order valence-corrected chi connectivity index (χ1v) is 7.04. The van der Waals surface area contributed by atoms with Crippen LogP contribution in [0.4, 0.5) is 0 Å². The molecule has 1 aliphatic heterocycles. The van der Waals surface area contributed by atoms with E-state index in [1.807, 2.05) is 0 Å². The number of amides is 1. The quantitative estimate of drug-likeness (QED) is 0.706. The third kappa shape index (κ3) is 2.92. The van der Waals surface area contributed by atoms with Crippen molar-refractivity contribution in [2.45, 2.75) is 6.04 Å². The maximum absolute atomic E-state index is 11.8. The van der Waals surface area contributed by atoms with Crippen LogP contribution in [0.3, 0.4) is 0 Å². The van der Waals surface area contributed by atoms with E-state index in [1.54, 1.807) is 0 Å². The number of carbonyl (C=O) groups excluding carboxylic acids is 1. The van der Waals surface area contributed by atoms with Gasteiger partial charge in [0, 0.05) is 5.41 Å². The molecule has 0 bridgehead atoms. The molecule has 2 heterocycles. The van der Waals surface area contributed by atoms with Crippen molar-refractivity contribution in [1.29, 1.82) is 0 Å². The van der Waals surface area contributed by atoms with E-state index in [0.29, 0.717) is 0 Å². The molecule has 0 saturated carbocycles. The summed E-state index contributed by atoms with van der Waals surface area (Å²) in [5.74, 6) is 1.40. The number of aromatic nitrogens is 1. The third-order valence-corrected chi connectivity index (χ3v) is 3.95. The van der Waals surface area contributed by atoms with Gasteiger partial charge in [-0.3, -0.25) is 9.59 Å². The Labute approximate surface area is 109 Å². The van der Waals surface area contributed by atoms with Crippen molar-refractivity contribution in [3.63, 3.8) is 0 Å². The van der Waals surface area contributed by atoms with Crippen LogP contribution in [-0.4, -0.2) is 31.1 Å². The molecule has 7 heteroatoms. The average Bonchev–Trinajstić information content (AvgIpc) is 2.68. The van der Waals surface area contributed by atoms with E-state index in [4.69, 9.17) is 6.42 Å². The lowest BCUT2D eigenvalue weighted by molar-refractivity contribution is 0.0946. The molecule has 0 spiro atoms. The van der Waals surface area contributed by atoms with Gasteiger partial charge in [-0.1, -0.05) is 5.92 Å². The third-order valence-electron chi connectivity index (χ3n) is 2.56. The maximum Gasteiger partial charge on any atom is 0.261 e. The van der Waals surface area contributed by atoms with Crippen LogP contribution in [-0.2, 0) is 9.84 Å². The van der Waals surface area contributed by atoms with E-state index < -0.39 is 27.3 Å². The summed E-state index contributed by atoms with van der Waals surface area (Å²) in [7, 11) is -3.25. The van der Waals surface area contributed by atoms with E-state index in [-0.39, 0.29) is 17.0 Å². The van der Waals surface area contributed by atoms with Crippen molar-refractivity contribution in [3.8, 4) is 12.3 Å². The molecule has 0 aliphatic carbocycles. The zero-order chi connectivity index (χ0) is 14.0. The van der Waals surface area contributed by atoms with Crippen molar-refractivity contribution in [3.05, 3.63) is 45.2 Å². The minimum absolute atomic E-state index is 0.114. The van der Waals surface area contributed by atoms with Gasteiger partial charge in [0.25, 0.3) is 11.5 Å². The molecule has 1 aromatic rings. The molecule has 0 radical (unpaired) electrons. The highest BCUT2D eigenvalue weighted by molar-refractivity contribution is 7.94. The molecule has 0 saturated heterocycles. The molecule has 0 fully saturated rings. The Bertz CT molecular complexity index is 753. The zero-order valence-corrected chi connectivity index (χ0v) is 10.5. The number of rotatable bonds is 2. The second kappa shape index (κ2) is 4.74. The number of hydrogen-bond acceptors (Lipinski definition) is 4. The van der Waals surface area contributed by atoms with E-state index in [2.05, 4.69) is 16.2 Å². The maximum atomic E-state index is 11.8. The Morgan fingerprint density at radius 3 is 2.74 bits per heavy atom. The van der Waals surface area contributed by atoms with Crippen LogP contribution in [0.5, 0.6) is 0 Å². The summed E-state index contributed by atoms with van der Waals surface area (Å²) in [6.07, 6.45) is 6.48. The number of aromatic amines is 1. The predicted molar refractivity (Wildman–Crippen MR) is 69.2 cm³/mol. The SMILES string of the molecule is C#Cc1ccc(C(=O)NC2C=CS(=O)(=O)C2)c(=O)[nH]1. The van der Waals surface area contributed by atoms with Crippen LogP contribution in [0, 0.1) is 12.3 Å². The Kier molecular flexibility index (Phi) is 3.27. The number of nitrogens with one attached hydrogen (secondary N) is 2. The molecule has 6 nitrogen and oxygen atoms in total. The van der Waals surface area contributed by atoms with Gasteiger partial charge in [0.05, 0.1) is 17.5 Å². The summed E-state index contributed by atoms with van der Waals surface area (Å²) in [6, 6.07) is 2.11. The van der Waals surface area contributed by atoms with E-state index in [1.165, 1.54) is 18.2 Å². The van der Waals surface area contributed by atoms with Gasteiger partial charge in [-0.05, 0) is 18.2 Å². The minimum Gasteiger partial charge on any atom is -0.345 e. The molecule has 1 atom stereocenters. The van der Waals surface area contributed by atoms with Gasteiger partial charge in [0.2, 0.25) is 0 Å². The molecule has 1 amide bonds. The van der Waals surface area contributed by atoms with Gasteiger partial charge in [-0.2, -0.15) is 0 Å². The average molecular weight is 278 g/mol. The van der Waals surface area contributed by atoms with Crippen molar-refractivity contribution < 1.29 is 13.2 Å².